The molecule has 146 valence electrons. The minimum atomic E-state index is -0.604. The van der Waals surface area contributed by atoms with E-state index in [1.54, 1.807) is 6.92 Å². The van der Waals surface area contributed by atoms with Gasteiger partial charge in [-0.1, -0.05) is 18.2 Å². The van der Waals surface area contributed by atoms with Crippen molar-refractivity contribution in [3.63, 3.8) is 0 Å². The first-order valence-corrected chi connectivity index (χ1v) is 9.59. The number of anilines is 1. The average Bonchev–Trinajstić information content (AvgIpc) is 3.15. The van der Waals surface area contributed by atoms with Crippen molar-refractivity contribution in [3.05, 3.63) is 77.9 Å². The lowest BCUT2D eigenvalue weighted by atomic mass is 10.1. The number of carbonyl (C=O) groups is 1. The smallest absolute Gasteiger partial charge is 0.265 e. The van der Waals surface area contributed by atoms with Crippen molar-refractivity contribution in [2.45, 2.75) is 26.9 Å². The molecule has 0 aliphatic heterocycles. The Hall–Kier alpha value is -3.60. The average molecular weight is 385 g/mol. The molecule has 5 nitrogen and oxygen atoms in total. The number of H-pyrrole nitrogens is 1. The van der Waals surface area contributed by atoms with E-state index in [1.165, 1.54) is 5.56 Å². The number of nitrogens with zero attached hydrogens (tertiary/aromatic N) is 1. The topological polar surface area (TPSA) is 67.0 Å². The number of aromatic amines is 1. The quantitative estimate of drug-likeness (QED) is 0.493. The molecule has 0 saturated heterocycles. The van der Waals surface area contributed by atoms with Gasteiger partial charge in [-0.2, -0.15) is 0 Å². The van der Waals surface area contributed by atoms with Crippen LogP contribution in [-0.2, 0) is 4.79 Å². The maximum Gasteiger partial charge on any atom is 0.265 e. The molecule has 2 N–H and O–H groups in total. The van der Waals surface area contributed by atoms with Crippen LogP contribution in [0.5, 0.6) is 5.75 Å². The Morgan fingerprint density at radius 3 is 2.48 bits per heavy atom. The summed E-state index contributed by atoms with van der Waals surface area (Å²) < 4.78 is 5.78. The number of aryl methyl sites for hydroxylation is 2. The van der Waals surface area contributed by atoms with Crippen LogP contribution in [0.2, 0.25) is 0 Å². The van der Waals surface area contributed by atoms with E-state index < -0.39 is 6.10 Å². The van der Waals surface area contributed by atoms with Gasteiger partial charge in [0, 0.05) is 11.3 Å². The van der Waals surface area contributed by atoms with E-state index in [4.69, 9.17) is 4.74 Å². The van der Waals surface area contributed by atoms with Crippen LogP contribution in [-0.4, -0.2) is 22.0 Å². The number of benzene rings is 3. The lowest BCUT2D eigenvalue weighted by Gasteiger charge is -2.15. The summed E-state index contributed by atoms with van der Waals surface area (Å²) in [5, 5.41) is 2.90. The molecule has 5 heteroatoms. The monoisotopic (exact) mass is 385 g/mol. The van der Waals surface area contributed by atoms with E-state index >= 15 is 0 Å². The van der Waals surface area contributed by atoms with Crippen LogP contribution in [0.4, 0.5) is 5.69 Å². The van der Waals surface area contributed by atoms with Gasteiger partial charge in [0.2, 0.25) is 0 Å². The predicted molar refractivity (Wildman–Crippen MR) is 116 cm³/mol. The summed E-state index contributed by atoms with van der Waals surface area (Å²) in [5.41, 5.74) is 5.92. The normalized spacial score (nSPS) is 12.0. The number of imidazole rings is 1. The number of amides is 1. The molecule has 1 amide bonds. The fraction of sp³-hybridized carbons (Fsp3) is 0.167. The zero-order valence-corrected chi connectivity index (χ0v) is 16.7. The van der Waals surface area contributed by atoms with Gasteiger partial charge in [-0.15, -0.1) is 0 Å². The second-order valence-corrected chi connectivity index (χ2v) is 7.18. The minimum Gasteiger partial charge on any atom is -0.481 e. The Bertz CT molecular complexity index is 1130. The second-order valence-electron chi connectivity index (χ2n) is 7.18. The number of rotatable bonds is 5. The molecule has 4 rings (SSSR count). The fourth-order valence-electron chi connectivity index (χ4n) is 3.09. The molecule has 0 aliphatic rings. The first-order valence-electron chi connectivity index (χ1n) is 9.59. The molecule has 1 aromatic heterocycles. The van der Waals surface area contributed by atoms with Gasteiger partial charge >= 0.3 is 0 Å². The number of hydrogen-bond acceptors (Lipinski definition) is 3. The Labute approximate surface area is 169 Å². The molecule has 0 saturated carbocycles. The zero-order chi connectivity index (χ0) is 20.4. The SMILES string of the molecule is Cc1ccc(OC(C)C(=O)Nc2ccc(-c3nc4ccccc4[nH]3)cc2)cc1C. The number of aromatic nitrogens is 2. The van der Waals surface area contributed by atoms with Gasteiger partial charge in [0.1, 0.15) is 11.6 Å². The van der Waals surface area contributed by atoms with Gasteiger partial charge in [0.15, 0.2) is 6.10 Å². The number of fused-ring (bicyclic) bond motifs is 1. The molecule has 1 atom stereocenters. The number of ether oxygens (including phenoxy) is 1. The van der Waals surface area contributed by atoms with Gasteiger partial charge in [0.25, 0.3) is 5.91 Å². The molecule has 1 heterocycles. The molecule has 0 aliphatic carbocycles. The van der Waals surface area contributed by atoms with Gasteiger partial charge in [0.05, 0.1) is 11.0 Å². The van der Waals surface area contributed by atoms with E-state index in [9.17, 15) is 4.79 Å². The Morgan fingerprint density at radius 1 is 1.00 bits per heavy atom. The molecule has 0 fully saturated rings. The van der Waals surface area contributed by atoms with Crippen molar-refractivity contribution in [2.24, 2.45) is 0 Å². The molecule has 0 spiro atoms. The lowest BCUT2D eigenvalue weighted by molar-refractivity contribution is -0.122. The number of nitrogens with one attached hydrogen (secondary N) is 2. The van der Waals surface area contributed by atoms with Crippen molar-refractivity contribution in [1.29, 1.82) is 0 Å². The highest BCUT2D eigenvalue weighted by molar-refractivity contribution is 5.94. The van der Waals surface area contributed by atoms with E-state index in [0.717, 1.165) is 28.0 Å². The maximum absolute atomic E-state index is 12.5. The highest BCUT2D eigenvalue weighted by Crippen LogP contribution is 2.22. The van der Waals surface area contributed by atoms with E-state index in [0.29, 0.717) is 11.4 Å². The van der Waals surface area contributed by atoms with Crippen LogP contribution < -0.4 is 10.1 Å². The molecular formula is C24H23N3O2. The summed E-state index contributed by atoms with van der Waals surface area (Å²) in [6.07, 6.45) is -0.604. The van der Waals surface area contributed by atoms with Gasteiger partial charge in [-0.3, -0.25) is 4.79 Å². The molecule has 0 radical (unpaired) electrons. The van der Waals surface area contributed by atoms with Crippen LogP contribution >= 0.6 is 0 Å². The minimum absolute atomic E-state index is 0.195. The lowest BCUT2D eigenvalue weighted by Crippen LogP contribution is -2.30. The summed E-state index contributed by atoms with van der Waals surface area (Å²) in [6.45, 7) is 5.81. The number of para-hydroxylation sites is 2. The number of hydrogen-bond donors (Lipinski definition) is 2. The summed E-state index contributed by atoms with van der Waals surface area (Å²) in [7, 11) is 0. The third-order valence-electron chi connectivity index (χ3n) is 4.98. The third kappa shape index (κ3) is 4.14. The van der Waals surface area contributed by atoms with Crippen LogP contribution in [0, 0.1) is 13.8 Å². The van der Waals surface area contributed by atoms with Gasteiger partial charge in [-0.25, -0.2) is 4.98 Å². The van der Waals surface area contributed by atoms with E-state index in [-0.39, 0.29) is 5.91 Å². The van der Waals surface area contributed by atoms with Crippen LogP contribution in [0.15, 0.2) is 66.7 Å². The highest BCUT2D eigenvalue weighted by atomic mass is 16.5. The molecule has 4 aromatic rings. The third-order valence-corrected chi connectivity index (χ3v) is 4.98. The van der Waals surface area contributed by atoms with E-state index in [1.807, 2.05) is 80.6 Å². The predicted octanol–water partition coefficient (Wildman–Crippen LogP) is 5.25. The van der Waals surface area contributed by atoms with Crippen molar-refractivity contribution in [3.8, 4) is 17.1 Å². The molecule has 3 aromatic carbocycles. The van der Waals surface area contributed by atoms with Crippen molar-refractivity contribution in [2.75, 3.05) is 5.32 Å². The Balaban J connectivity index is 1.42. The Kier molecular flexibility index (Phi) is 5.04. The summed E-state index contributed by atoms with van der Waals surface area (Å²) >= 11 is 0. The molecule has 29 heavy (non-hydrogen) atoms. The van der Waals surface area contributed by atoms with Crippen molar-refractivity contribution < 1.29 is 9.53 Å². The highest BCUT2D eigenvalue weighted by Gasteiger charge is 2.15. The van der Waals surface area contributed by atoms with Crippen molar-refractivity contribution >= 4 is 22.6 Å². The molecule has 0 bridgehead atoms. The van der Waals surface area contributed by atoms with Crippen molar-refractivity contribution in [1.82, 2.24) is 9.97 Å². The van der Waals surface area contributed by atoms with Crippen LogP contribution in [0.25, 0.3) is 22.4 Å². The largest absolute Gasteiger partial charge is 0.481 e. The van der Waals surface area contributed by atoms with E-state index in [2.05, 4.69) is 15.3 Å². The van der Waals surface area contributed by atoms with Gasteiger partial charge < -0.3 is 15.0 Å². The van der Waals surface area contributed by atoms with Crippen LogP contribution in [0.1, 0.15) is 18.1 Å². The summed E-state index contributed by atoms with van der Waals surface area (Å²) in [5.74, 6) is 1.30. The van der Waals surface area contributed by atoms with Gasteiger partial charge in [-0.05, 0) is 80.4 Å². The summed E-state index contributed by atoms with van der Waals surface area (Å²) in [4.78, 5) is 20.4. The summed E-state index contributed by atoms with van der Waals surface area (Å²) in [6, 6.07) is 21.3. The second kappa shape index (κ2) is 7.80. The first-order chi connectivity index (χ1) is 14.0. The standard InChI is InChI=1S/C24H23N3O2/c1-15-8-13-20(14-16(15)2)29-17(3)24(28)25-19-11-9-18(10-12-19)23-26-21-6-4-5-7-22(21)27-23/h4-14,17H,1-3H3,(H,25,28)(H,26,27). The molecular weight excluding hydrogens is 362 g/mol. The first kappa shape index (κ1) is 18.7. The molecule has 1 unspecified atom stereocenters. The fourth-order valence-corrected chi connectivity index (χ4v) is 3.09. The number of carbonyl (C=O) groups excluding carboxylic acids is 1. The van der Waals surface area contributed by atoms with Crippen LogP contribution in [0.3, 0.4) is 0 Å². The Morgan fingerprint density at radius 2 is 1.76 bits per heavy atom. The zero-order valence-electron chi connectivity index (χ0n) is 16.7. The maximum atomic E-state index is 12.5.